The largest absolute Gasteiger partial charge is 0.252 e. The molecule has 0 saturated heterocycles. The number of allylic oxidation sites excluding steroid dienone is 4. The summed E-state index contributed by atoms with van der Waals surface area (Å²) in [5, 5.41) is 0. The molecule has 0 fully saturated rings. The molecule has 0 radical (unpaired) electrons. The van der Waals surface area contributed by atoms with Crippen LogP contribution in [-0.4, -0.2) is 11.4 Å². The van der Waals surface area contributed by atoms with Crippen molar-refractivity contribution >= 4 is 45.2 Å². The number of hydrogen-bond donors (Lipinski definition) is 0. The maximum Gasteiger partial charge on any atom is 0.0726 e. The van der Waals surface area contributed by atoms with Crippen LogP contribution >= 0.6 is 22.7 Å². The van der Waals surface area contributed by atoms with Crippen molar-refractivity contribution in [3.8, 4) is 0 Å². The maximum atomic E-state index is 5.43. The summed E-state index contributed by atoms with van der Waals surface area (Å²) in [4.78, 5) is 16.2. The average Bonchev–Trinajstić information content (AvgIpc) is 3.83. The summed E-state index contributed by atoms with van der Waals surface area (Å²) in [6.07, 6.45) is 12.5. The van der Waals surface area contributed by atoms with E-state index in [1.54, 1.807) is 11.1 Å². The summed E-state index contributed by atoms with van der Waals surface area (Å²) in [6.45, 7) is 9.48. The molecule has 43 heavy (non-hydrogen) atoms. The smallest absolute Gasteiger partial charge is 0.0726 e. The third kappa shape index (κ3) is 4.18. The lowest BCUT2D eigenvalue weighted by Gasteiger charge is -2.26. The van der Waals surface area contributed by atoms with Crippen molar-refractivity contribution in [2.24, 2.45) is 9.98 Å². The average molecular weight is 595 g/mol. The van der Waals surface area contributed by atoms with Gasteiger partial charge < -0.3 is 0 Å². The van der Waals surface area contributed by atoms with E-state index < -0.39 is 0 Å². The SMILES string of the molecule is CC1(C)C2=N/C(=C(/c3ccccc3)c3ccc(s3)/C(c3ccccc3)=C3/C=CC(=N3)C(C)(C)c3sc1c1c3CCC1)C=C2. The normalized spacial score (nSPS) is 23.0. The molecule has 4 heteroatoms. The molecule has 0 atom stereocenters. The van der Waals surface area contributed by atoms with E-state index >= 15 is 0 Å². The summed E-state index contributed by atoms with van der Waals surface area (Å²) < 4.78 is 0. The Morgan fingerprint density at radius 3 is 1.42 bits per heavy atom. The van der Waals surface area contributed by atoms with Gasteiger partial charge in [-0.2, -0.15) is 0 Å². The quantitative estimate of drug-likeness (QED) is 0.221. The van der Waals surface area contributed by atoms with Crippen molar-refractivity contribution in [1.29, 1.82) is 0 Å². The first-order valence-corrected chi connectivity index (χ1v) is 16.9. The molecule has 4 aromatic rings. The summed E-state index contributed by atoms with van der Waals surface area (Å²) >= 11 is 3.84. The zero-order chi connectivity index (χ0) is 29.3. The van der Waals surface area contributed by atoms with Crippen molar-refractivity contribution in [3.63, 3.8) is 0 Å². The Balaban J connectivity index is 1.45. The van der Waals surface area contributed by atoms with Crippen LogP contribution in [0.4, 0.5) is 0 Å². The predicted octanol–water partition coefficient (Wildman–Crippen LogP) is 10.1. The van der Waals surface area contributed by atoms with Gasteiger partial charge in [0.15, 0.2) is 0 Å². The molecule has 0 N–H and O–H groups in total. The minimum Gasteiger partial charge on any atom is -0.252 e. The topological polar surface area (TPSA) is 24.7 Å². The number of benzene rings is 2. The Hall–Kier alpha value is -3.86. The standard InChI is InChI=1S/C39H34N2S2/c1-38(2)32-22-18-28(40-32)34(24-12-7-5-8-13-24)30-20-21-31(42-30)35(25-14-9-6-10-15-25)29-19-23-33(41-29)39(3,4)37-27-17-11-16-26(27)36(38)43-37/h5-10,12-15,18-23H,11,16-17H2,1-4H3/b34-28-,35-29-. The van der Waals surface area contributed by atoms with E-state index in [-0.39, 0.29) is 10.8 Å². The molecular formula is C39H34N2S2. The lowest BCUT2D eigenvalue weighted by molar-refractivity contribution is 0.724. The number of fused-ring (bicyclic) bond motifs is 9. The van der Waals surface area contributed by atoms with Crippen molar-refractivity contribution in [2.75, 3.05) is 0 Å². The molecule has 0 amide bonds. The van der Waals surface area contributed by atoms with Crippen molar-refractivity contribution in [1.82, 2.24) is 0 Å². The molecule has 0 unspecified atom stereocenters. The summed E-state index contributed by atoms with van der Waals surface area (Å²) in [6, 6.07) is 26.0. The summed E-state index contributed by atoms with van der Waals surface area (Å²) in [7, 11) is 0. The Bertz CT molecular complexity index is 1830. The van der Waals surface area contributed by atoms with Gasteiger partial charge in [-0.25, -0.2) is 0 Å². The van der Waals surface area contributed by atoms with Gasteiger partial charge in [0.2, 0.25) is 0 Å². The monoisotopic (exact) mass is 594 g/mol. The molecule has 1 aliphatic carbocycles. The highest BCUT2D eigenvalue weighted by molar-refractivity contribution is 7.14. The third-order valence-corrected chi connectivity index (χ3v) is 12.4. The first kappa shape index (κ1) is 26.7. The minimum atomic E-state index is -0.190. The van der Waals surface area contributed by atoms with E-state index in [1.165, 1.54) is 48.2 Å². The Labute approximate surface area is 262 Å². The van der Waals surface area contributed by atoms with Crippen LogP contribution in [0.15, 0.2) is 118 Å². The molecule has 4 aliphatic rings. The van der Waals surface area contributed by atoms with Gasteiger partial charge in [-0.3, -0.25) is 9.98 Å². The molecule has 3 aliphatic heterocycles. The van der Waals surface area contributed by atoms with Gasteiger partial charge in [-0.1, -0.05) is 60.7 Å². The fourth-order valence-corrected chi connectivity index (χ4v) is 9.84. The van der Waals surface area contributed by atoms with Crippen LogP contribution in [0, 0.1) is 0 Å². The van der Waals surface area contributed by atoms with E-state index in [9.17, 15) is 0 Å². The number of hydrogen-bond acceptors (Lipinski definition) is 4. The molecule has 8 rings (SSSR count). The van der Waals surface area contributed by atoms with Crippen molar-refractivity contribution in [2.45, 2.75) is 57.8 Å². The van der Waals surface area contributed by atoms with Crippen LogP contribution in [0.25, 0.3) is 11.1 Å². The van der Waals surface area contributed by atoms with E-state index in [0.717, 1.165) is 35.7 Å². The molecule has 2 aromatic heterocycles. The molecule has 0 spiro atoms. The first-order valence-electron chi connectivity index (χ1n) is 15.2. The van der Waals surface area contributed by atoms with Gasteiger partial charge in [0.1, 0.15) is 0 Å². The third-order valence-electron chi connectivity index (χ3n) is 9.40. The lowest BCUT2D eigenvalue weighted by atomic mass is 9.81. The van der Waals surface area contributed by atoms with Crippen molar-refractivity contribution < 1.29 is 0 Å². The van der Waals surface area contributed by atoms with Gasteiger partial charge >= 0.3 is 0 Å². The lowest BCUT2D eigenvalue weighted by Crippen LogP contribution is -2.27. The Morgan fingerprint density at radius 1 is 0.535 bits per heavy atom. The molecule has 212 valence electrons. The van der Waals surface area contributed by atoms with Gasteiger partial charge in [0.25, 0.3) is 0 Å². The van der Waals surface area contributed by atoms with E-state index in [2.05, 4.69) is 125 Å². The molecule has 2 aromatic carbocycles. The predicted molar refractivity (Wildman–Crippen MR) is 185 cm³/mol. The maximum absolute atomic E-state index is 5.43. The van der Waals surface area contributed by atoms with Crippen molar-refractivity contribution in [3.05, 3.63) is 150 Å². The van der Waals surface area contributed by atoms with Gasteiger partial charge in [0, 0.05) is 41.5 Å². The molecule has 5 heterocycles. The molecule has 8 bridgehead atoms. The zero-order valence-corrected chi connectivity index (χ0v) is 26.7. The van der Waals surface area contributed by atoms with Gasteiger partial charge in [0.05, 0.1) is 22.8 Å². The van der Waals surface area contributed by atoms with Crippen LogP contribution in [0.3, 0.4) is 0 Å². The molecular weight excluding hydrogens is 561 g/mol. The van der Waals surface area contributed by atoms with E-state index in [0.29, 0.717) is 0 Å². The van der Waals surface area contributed by atoms with Crippen LogP contribution in [0.1, 0.15) is 75.9 Å². The van der Waals surface area contributed by atoms with Crippen LogP contribution in [0.2, 0.25) is 0 Å². The highest BCUT2D eigenvalue weighted by atomic mass is 32.1. The summed E-state index contributed by atoms with van der Waals surface area (Å²) in [5.74, 6) is 0. The Kier molecular flexibility index (Phi) is 6.12. The van der Waals surface area contributed by atoms with Gasteiger partial charge in [-0.15, -0.1) is 22.7 Å². The number of aliphatic imine (C=N–C) groups is 2. The summed E-state index contributed by atoms with van der Waals surface area (Å²) in [5.41, 5.74) is 11.9. The highest BCUT2D eigenvalue weighted by Gasteiger charge is 2.41. The number of nitrogens with zero attached hydrogens (tertiary/aromatic N) is 2. The number of thiophene rings is 2. The first-order chi connectivity index (χ1) is 20.8. The Morgan fingerprint density at radius 2 is 0.977 bits per heavy atom. The second kappa shape index (κ2) is 9.83. The number of rotatable bonds is 2. The zero-order valence-electron chi connectivity index (χ0n) is 25.1. The van der Waals surface area contributed by atoms with E-state index in [1.807, 2.05) is 22.7 Å². The second-order valence-corrected chi connectivity index (χ2v) is 15.0. The fourth-order valence-electron chi connectivity index (χ4n) is 7.06. The fraction of sp³-hybridized carbons (Fsp3) is 0.231. The van der Waals surface area contributed by atoms with Crippen LogP contribution in [-0.2, 0) is 23.7 Å². The van der Waals surface area contributed by atoms with Crippen LogP contribution in [0.5, 0.6) is 0 Å². The second-order valence-electron chi connectivity index (χ2n) is 12.9. The van der Waals surface area contributed by atoms with Crippen LogP contribution < -0.4 is 0 Å². The van der Waals surface area contributed by atoms with Gasteiger partial charge in [-0.05, 0) is 106 Å². The molecule has 2 nitrogen and oxygen atoms in total. The highest BCUT2D eigenvalue weighted by Crippen LogP contribution is 2.49. The minimum absolute atomic E-state index is 0.190. The van der Waals surface area contributed by atoms with E-state index in [4.69, 9.17) is 9.98 Å². The molecule has 0 saturated carbocycles.